The average Bonchev–Trinajstić information content (AvgIpc) is 2.71. The van der Waals surface area contributed by atoms with Gasteiger partial charge in [0.15, 0.2) is 0 Å². The fourth-order valence-electron chi connectivity index (χ4n) is 2.62. The topological polar surface area (TPSA) is 82.0 Å². The lowest BCUT2D eigenvalue weighted by atomic mass is 10.1. The van der Waals surface area contributed by atoms with Gasteiger partial charge in [0.2, 0.25) is 0 Å². The Bertz CT molecular complexity index is 1150. The van der Waals surface area contributed by atoms with E-state index >= 15 is 0 Å². The van der Waals surface area contributed by atoms with E-state index in [0.29, 0.717) is 11.3 Å². The molecule has 5 nitrogen and oxygen atoms in total. The van der Waals surface area contributed by atoms with Gasteiger partial charge in [-0.2, -0.15) is 5.26 Å². The first kappa shape index (κ1) is 19.7. The van der Waals surface area contributed by atoms with Gasteiger partial charge in [-0.15, -0.1) is 0 Å². The van der Waals surface area contributed by atoms with Crippen LogP contribution in [0.5, 0.6) is 0 Å². The van der Waals surface area contributed by atoms with E-state index in [1.165, 1.54) is 36.4 Å². The first-order valence-electron chi connectivity index (χ1n) is 8.56. The van der Waals surface area contributed by atoms with Crippen LogP contribution in [0.25, 0.3) is 0 Å². The third kappa shape index (κ3) is 4.45. The molecule has 0 aliphatic rings. The summed E-state index contributed by atoms with van der Waals surface area (Å²) in [6, 6.07) is 15.6. The predicted octanol–water partition coefficient (Wildman–Crippen LogP) is 4.65. The van der Waals surface area contributed by atoms with Gasteiger partial charge in [-0.05, 0) is 55.0 Å². The van der Waals surface area contributed by atoms with E-state index in [4.69, 9.17) is 5.26 Å². The number of hydrogen-bond acceptors (Lipinski definition) is 3. The molecule has 3 rings (SSSR count). The van der Waals surface area contributed by atoms with Gasteiger partial charge < -0.3 is 10.6 Å². The van der Waals surface area contributed by atoms with Gasteiger partial charge in [-0.3, -0.25) is 9.59 Å². The first-order chi connectivity index (χ1) is 13.9. The van der Waals surface area contributed by atoms with Crippen LogP contribution in [0.3, 0.4) is 0 Å². The zero-order valence-corrected chi connectivity index (χ0v) is 15.3. The molecule has 0 heterocycles. The Morgan fingerprint density at radius 3 is 2.38 bits per heavy atom. The number of nitriles is 1. The van der Waals surface area contributed by atoms with Crippen LogP contribution in [0.15, 0.2) is 60.7 Å². The average molecular weight is 391 g/mol. The third-order valence-corrected chi connectivity index (χ3v) is 4.21. The van der Waals surface area contributed by atoms with Crippen LogP contribution >= 0.6 is 0 Å². The van der Waals surface area contributed by atoms with E-state index in [-0.39, 0.29) is 22.4 Å². The number of nitrogens with one attached hydrogen (secondary N) is 2. The molecular weight excluding hydrogens is 376 g/mol. The molecule has 2 amide bonds. The highest BCUT2D eigenvalue weighted by molar-refractivity contribution is 6.07. The summed E-state index contributed by atoms with van der Waals surface area (Å²) in [5.74, 6) is -2.48. The molecule has 0 spiro atoms. The highest BCUT2D eigenvalue weighted by Crippen LogP contribution is 2.21. The van der Waals surface area contributed by atoms with E-state index < -0.39 is 23.4 Å². The van der Waals surface area contributed by atoms with Crippen LogP contribution in [0.1, 0.15) is 31.8 Å². The van der Waals surface area contributed by atoms with Crippen molar-refractivity contribution in [3.8, 4) is 6.07 Å². The van der Waals surface area contributed by atoms with Crippen molar-refractivity contribution in [1.82, 2.24) is 0 Å². The van der Waals surface area contributed by atoms with Crippen molar-refractivity contribution in [3.63, 3.8) is 0 Å². The Morgan fingerprint density at radius 1 is 0.897 bits per heavy atom. The van der Waals surface area contributed by atoms with E-state index in [0.717, 1.165) is 6.07 Å². The number of nitrogens with zero attached hydrogens (tertiary/aromatic N) is 1. The quantitative estimate of drug-likeness (QED) is 0.679. The van der Waals surface area contributed by atoms with Gasteiger partial charge in [-0.25, -0.2) is 8.78 Å². The SMILES string of the molecule is Cc1ccc(C(=O)Nc2ccc(F)c(C#N)c2)cc1NC(=O)c1ccccc1F. The molecule has 7 heteroatoms. The minimum Gasteiger partial charge on any atom is -0.322 e. The minimum absolute atomic E-state index is 0.114. The minimum atomic E-state index is -0.682. The van der Waals surface area contributed by atoms with Crippen LogP contribution in [-0.4, -0.2) is 11.8 Å². The zero-order valence-electron chi connectivity index (χ0n) is 15.3. The summed E-state index contributed by atoms with van der Waals surface area (Å²) in [5.41, 5.74) is 1.21. The van der Waals surface area contributed by atoms with Crippen molar-refractivity contribution in [2.45, 2.75) is 6.92 Å². The number of benzene rings is 3. The maximum atomic E-state index is 13.8. The molecule has 0 aliphatic carbocycles. The summed E-state index contributed by atoms with van der Waals surface area (Å²) >= 11 is 0. The largest absolute Gasteiger partial charge is 0.322 e. The molecular formula is C22H15F2N3O2. The second-order valence-electron chi connectivity index (χ2n) is 6.22. The van der Waals surface area contributed by atoms with E-state index in [2.05, 4.69) is 10.6 Å². The molecule has 0 aromatic heterocycles. The summed E-state index contributed by atoms with van der Waals surface area (Å²) < 4.78 is 27.2. The molecule has 3 aromatic carbocycles. The van der Waals surface area contributed by atoms with Crippen molar-refractivity contribution >= 4 is 23.2 Å². The number of anilines is 2. The monoisotopic (exact) mass is 391 g/mol. The number of aryl methyl sites for hydroxylation is 1. The van der Waals surface area contributed by atoms with Gasteiger partial charge >= 0.3 is 0 Å². The first-order valence-corrected chi connectivity index (χ1v) is 8.56. The maximum absolute atomic E-state index is 13.8. The highest BCUT2D eigenvalue weighted by atomic mass is 19.1. The van der Waals surface area contributed by atoms with Crippen molar-refractivity contribution in [2.24, 2.45) is 0 Å². The van der Waals surface area contributed by atoms with Gasteiger partial charge in [0.05, 0.1) is 11.1 Å². The number of rotatable bonds is 4. The number of amides is 2. The fraction of sp³-hybridized carbons (Fsp3) is 0.0455. The van der Waals surface area contributed by atoms with Crippen LogP contribution < -0.4 is 10.6 Å². The van der Waals surface area contributed by atoms with E-state index in [1.54, 1.807) is 31.2 Å². The second kappa shape index (κ2) is 8.31. The smallest absolute Gasteiger partial charge is 0.258 e. The van der Waals surface area contributed by atoms with Crippen LogP contribution in [-0.2, 0) is 0 Å². The second-order valence-corrected chi connectivity index (χ2v) is 6.22. The van der Waals surface area contributed by atoms with E-state index in [1.807, 2.05) is 0 Å². The molecule has 0 atom stereocenters. The summed E-state index contributed by atoms with van der Waals surface area (Å²) in [7, 11) is 0. The molecule has 0 aliphatic heterocycles. The summed E-state index contributed by atoms with van der Waals surface area (Å²) in [5, 5.41) is 14.1. The zero-order chi connectivity index (χ0) is 21.0. The maximum Gasteiger partial charge on any atom is 0.258 e. The summed E-state index contributed by atoms with van der Waals surface area (Å²) in [6.07, 6.45) is 0. The number of carbonyl (C=O) groups is 2. The Kier molecular flexibility index (Phi) is 5.65. The molecule has 0 radical (unpaired) electrons. The lowest BCUT2D eigenvalue weighted by molar-refractivity contribution is 0.101. The Morgan fingerprint density at radius 2 is 1.66 bits per heavy atom. The molecule has 0 unspecified atom stereocenters. The predicted molar refractivity (Wildman–Crippen MR) is 105 cm³/mol. The van der Waals surface area contributed by atoms with Crippen molar-refractivity contribution in [1.29, 1.82) is 5.26 Å². The van der Waals surface area contributed by atoms with Crippen LogP contribution in [0.2, 0.25) is 0 Å². The molecule has 0 saturated heterocycles. The lowest BCUT2D eigenvalue weighted by Crippen LogP contribution is -2.16. The fourth-order valence-corrected chi connectivity index (χ4v) is 2.62. The molecule has 144 valence electrons. The van der Waals surface area contributed by atoms with Crippen LogP contribution in [0, 0.1) is 29.9 Å². The van der Waals surface area contributed by atoms with Gasteiger partial charge in [0.1, 0.15) is 17.7 Å². The Hall–Kier alpha value is -4.05. The van der Waals surface area contributed by atoms with Gasteiger partial charge in [0, 0.05) is 16.9 Å². The van der Waals surface area contributed by atoms with Crippen molar-refractivity contribution in [2.75, 3.05) is 10.6 Å². The van der Waals surface area contributed by atoms with Crippen LogP contribution in [0.4, 0.5) is 20.2 Å². The Labute approximate surface area is 165 Å². The lowest BCUT2D eigenvalue weighted by Gasteiger charge is -2.12. The standard InChI is InChI=1S/C22H15F2N3O2/c1-13-6-7-14(21(28)26-16-8-9-18(23)15(10-16)12-25)11-20(13)27-22(29)17-4-2-3-5-19(17)24/h2-11H,1H3,(H,26,28)(H,27,29). The molecule has 0 bridgehead atoms. The van der Waals surface area contributed by atoms with Gasteiger partial charge in [-0.1, -0.05) is 18.2 Å². The number of hydrogen-bond donors (Lipinski definition) is 2. The van der Waals surface area contributed by atoms with E-state index in [9.17, 15) is 18.4 Å². The van der Waals surface area contributed by atoms with Crippen molar-refractivity contribution in [3.05, 3.63) is 94.6 Å². The third-order valence-electron chi connectivity index (χ3n) is 4.21. The highest BCUT2D eigenvalue weighted by Gasteiger charge is 2.14. The molecule has 0 fully saturated rings. The molecule has 29 heavy (non-hydrogen) atoms. The molecule has 2 N–H and O–H groups in total. The molecule has 3 aromatic rings. The number of halogens is 2. The summed E-state index contributed by atoms with van der Waals surface area (Å²) in [6.45, 7) is 1.73. The summed E-state index contributed by atoms with van der Waals surface area (Å²) in [4.78, 5) is 24.9. The van der Waals surface area contributed by atoms with Crippen molar-refractivity contribution < 1.29 is 18.4 Å². The number of carbonyl (C=O) groups excluding carboxylic acids is 2. The van der Waals surface area contributed by atoms with Gasteiger partial charge in [0.25, 0.3) is 11.8 Å². The Balaban J connectivity index is 1.81. The molecule has 0 saturated carbocycles. The normalized spacial score (nSPS) is 10.1.